The summed E-state index contributed by atoms with van der Waals surface area (Å²) in [5.74, 6) is -0.0734. The van der Waals surface area contributed by atoms with Gasteiger partial charge in [-0.1, -0.05) is 0 Å². The van der Waals surface area contributed by atoms with Crippen LogP contribution in [0.1, 0.15) is 0 Å². The molecule has 0 radical (unpaired) electrons. The Labute approximate surface area is 112 Å². The van der Waals surface area contributed by atoms with Crippen LogP contribution in [0.5, 0.6) is 0 Å². The van der Waals surface area contributed by atoms with E-state index in [4.69, 9.17) is 0 Å². The fraction of sp³-hybridized carbons (Fsp3) is 0.455. The van der Waals surface area contributed by atoms with Crippen molar-refractivity contribution in [1.82, 2.24) is 4.90 Å². The molecule has 19 heavy (non-hydrogen) atoms. The van der Waals surface area contributed by atoms with E-state index in [1.54, 1.807) is 26.0 Å². The van der Waals surface area contributed by atoms with Crippen molar-refractivity contribution < 1.29 is 13.3 Å². The largest absolute Gasteiger partial charge is 0.383 e. The highest BCUT2D eigenvalue weighted by molar-refractivity contribution is 7.91. The van der Waals surface area contributed by atoms with Crippen molar-refractivity contribution in [3.63, 3.8) is 0 Å². The van der Waals surface area contributed by atoms with Gasteiger partial charge in [0.2, 0.25) is 0 Å². The Morgan fingerprint density at radius 2 is 2.00 bits per heavy atom. The summed E-state index contributed by atoms with van der Waals surface area (Å²) in [7, 11) is 1.57. The van der Waals surface area contributed by atoms with Gasteiger partial charge in [0, 0.05) is 19.7 Å². The molecule has 0 spiro atoms. The molecule has 1 aromatic rings. The van der Waals surface area contributed by atoms with Crippen molar-refractivity contribution >= 4 is 21.2 Å². The van der Waals surface area contributed by atoms with Crippen LogP contribution in [0.15, 0.2) is 23.1 Å². The van der Waals surface area contributed by atoms with Gasteiger partial charge in [0.1, 0.15) is 5.69 Å². The molecular weight excluding hydrogens is 270 g/mol. The Morgan fingerprint density at radius 1 is 1.37 bits per heavy atom. The number of rotatable bonds is 6. The quantitative estimate of drug-likeness (QED) is 0.619. The zero-order valence-electron chi connectivity index (χ0n) is 11.1. The average molecular weight is 287 g/mol. The van der Waals surface area contributed by atoms with E-state index >= 15 is 0 Å². The lowest BCUT2D eigenvalue weighted by Gasteiger charge is -2.10. The van der Waals surface area contributed by atoms with E-state index in [-0.39, 0.29) is 22.0 Å². The molecule has 0 aromatic heterocycles. The van der Waals surface area contributed by atoms with Gasteiger partial charge in [-0.05, 0) is 26.2 Å². The summed E-state index contributed by atoms with van der Waals surface area (Å²) in [5, 5.41) is 13.5. The molecule has 0 amide bonds. The number of sulfone groups is 1. The van der Waals surface area contributed by atoms with Crippen LogP contribution in [0, 0.1) is 10.1 Å². The van der Waals surface area contributed by atoms with Gasteiger partial charge in [-0.2, -0.15) is 0 Å². The highest BCUT2D eigenvalue weighted by Gasteiger charge is 2.20. The van der Waals surface area contributed by atoms with E-state index in [0.29, 0.717) is 6.54 Å². The van der Waals surface area contributed by atoms with Gasteiger partial charge in [-0.25, -0.2) is 8.42 Å². The molecule has 0 unspecified atom stereocenters. The van der Waals surface area contributed by atoms with Crippen LogP contribution in [-0.4, -0.2) is 51.7 Å². The van der Waals surface area contributed by atoms with Crippen molar-refractivity contribution in [3.05, 3.63) is 28.3 Å². The van der Waals surface area contributed by atoms with Crippen LogP contribution < -0.4 is 5.32 Å². The van der Waals surface area contributed by atoms with Crippen LogP contribution in [-0.2, 0) is 9.84 Å². The van der Waals surface area contributed by atoms with Gasteiger partial charge in [0.05, 0.1) is 15.6 Å². The summed E-state index contributed by atoms with van der Waals surface area (Å²) in [4.78, 5) is 12.0. The van der Waals surface area contributed by atoms with Crippen molar-refractivity contribution in [2.24, 2.45) is 0 Å². The second-order valence-corrected chi connectivity index (χ2v) is 6.42. The molecular formula is C11H17N3O4S. The topological polar surface area (TPSA) is 92.6 Å². The first kappa shape index (κ1) is 15.4. The molecule has 7 nitrogen and oxygen atoms in total. The van der Waals surface area contributed by atoms with Gasteiger partial charge < -0.3 is 10.2 Å². The Bertz CT molecular complexity index is 569. The molecule has 0 fully saturated rings. The smallest absolute Gasteiger partial charge is 0.293 e. The molecule has 8 heteroatoms. The standard InChI is InChI=1S/C11H17N3O4S/c1-12-10-5-4-9(8-11(10)14(15)16)19(17,18)7-6-13(2)3/h4-5,8,12H,6-7H2,1-3H3. The second kappa shape index (κ2) is 5.98. The average Bonchev–Trinajstić information content (AvgIpc) is 2.35. The third-order valence-corrected chi connectivity index (χ3v) is 4.29. The number of benzene rings is 1. The number of nitro groups is 1. The number of hydrogen-bond donors (Lipinski definition) is 1. The fourth-order valence-corrected chi connectivity index (χ4v) is 2.90. The van der Waals surface area contributed by atoms with E-state index in [0.717, 1.165) is 6.07 Å². The van der Waals surface area contributed by atoms with Crippen molar-refractivity contribution in [2.75, 3.05) is 38.8 Å². The molecule has 1 aromatic carbocycles. The summed E-state index contributed by atoms with van der Waals surface area (Å²) in [6.45, 7) is 0.365. The van der Waals surface area contributed by atoms with Crippen molar-refractivity contribution in [1.29, 1.82) is 0 Å². The van der Waals surface area contributed by atoms with Gasteiger partial charge >= 0.3 is 0 Å². The molecule has 0 saturated carbocycles. The number of hydrogen-bond acceptors (Lipinski definition) is 6. The maximum absolute atomic E-state index is 12.0. The number of anilines is 1. The predicted octanol–water partition coefficient (Wildman–Crippen LogP) is 0.972. The Balaban J connectivity index is 3.14. The third-order valence-electron chi connectivity index (χ3n) is 2.60. The summed E-state index contributed by atoms with van der Waals surface area (Å²) in [6, 6.07) is 3.88. The van der Waals surface area contributed by atoms with Crippen LogP contribution in [0.4, 0.5) is 11.4 Å². The Hall–Kier alpha value is -1.67. The zero-order chi connectivity index (χ0) is 14.6. The molecule has 0 saturated heterocycles. The van der Waals surface area contributed by atoms with Crippen LogP contribution in [0.2, 0.25) is 0 Å². The van der Waals surface area contributed by atoms with Crippen molar-refractivity contribution in [2.45, 2.75) is 4.90 Å². The fourth-order valence-electron chi connectivity index (χ4n) is 1.49. The molecule has 0 aliphatic carbocycles. The first-order chi connectivity index (χ1) is 8.77. The molecule has 0 aliphatic heterocycles. The van der Waals surface area contributed by atoms with Gasteiger partial charge in [-0.15, -0.1) is 0 Å². The molecule has 0 bridgehead atoms. The van der Waals surface area contributed by atoms with E-state index in [1.807, 2.05) is 0 Å². The SMILES string of the molecule is CNc1ccc(S(=O)(=O)CCN(C)C)cc1[N+](=O)[O-]. The summed E-state index contributed by atoms with van der Waals surface area (Å²) in [6.07, 6.45) is 0. The third kappa shape index (κ3) is 3.90. The van der Waals surface area contributed by atoms with E-state index < -0.39 is 14.8 Å². The lowest BCUT2D eigenvalue weighted by Crippen LogP contribution is -2.22. The minimum Gasteiger partial charge on any atom is -0.383 e. The summed E-state index contributed by atoms with van der Waals surface area (Å²) < 4.78 is 24.1. The van der Waals surface area contributed by atoms with E-state index in [9.17, 15) is 18.5 Å². The van der Waals surface area contributed by atoms with Crippen LogP contribution >= 0.6 is 0 Å². The number of nitrogens with one attached hydrogen (secondary N) is 1. The summed E-state index contributed by atoms with van der Waals surface area (Å²) in [5.41, 5.74) is 0.0463. The lowest BCUT2D eigenvalue weighted by molar-refractivity contribution is -0.384. The van der Waals surface area contributed by atoms with Gasteiger partial charge in [0.25, 0.3) is 5.69 Å². The Morgan fingerprint density at radius 3 is 2.47 bits per heavy atom. The first-order valence-electron chi connectivity index (χ1n) is 5.61. The van der Waals surface area contributed by atoms with Gasteiger partial charge in [-0.3, -0.25) is 10.1 Å². The lowest BCUT2D eigenvalue weighted by atomic mass is 10.3. The minimum atomic E-state index is -3.51. The Kier molecular flexibility index (Phi) is 4.84. The molecule has 0 heterocycles. The van der Waals surface area contributed by atoms with E-state index in [2.05, 4.69) is 5.32 Å². The summed E-state index contributed by atoms with van der Waals surface area (Å²) >= 11 is 0. The highest BCUT2D eigenvalue weighted by Crippen LogP contribution is 2.27. The second-order valence-electron chi connectivity index (χ2n) is 4.31. The molecule has 106 valence electrons. The van der Waals surface area contributed by atoms with Gasteiger partial charge in [0.15, 0.2) is 9.84 Å². The number of nitro benzene ring substituents is 1. The molecule has 1 N–H and O–H groups in total. The van der Waals surface area contributed by atoms with E-state index in [1.165, 1.54) is 12.1 Å². The van der Waals surface area contributed by atoms with Crippen LogP contribution in [0.25, 0.3) is 0 Å². The minimum absolute atomic E-state index is 0.0277. The zero-order valence-corrected chi connectivity index (χ0v) is 11.9. The maximum atomic E-state index is 12.0. The normalized spacial score (nSPS) is 11.6. The van der Waals surface area contributed by atoms with Crippen molar-refractivity contribution in [3.8, 4) is 0 Å². The predicted molar refractivity (Wildman–Crippen MR) is 73.2 cm³/mol. The monoisotopic (exact) mass is 287 g/mol. The molecule has 0 atom stereocenters. The highest BCUT2D eigenvalue weighted by atomic mass is 32.2. The van der Waals surface area contributed by atoms with Crippen LogP contribution in [0.3, 0.4) is 0 Å². The first-order valence-corrected chi connectivity index (χ1v) is 7.27. The maximum Gasteiger partial charge on any atom is 0.293 e. The molecule has 0 aliphatic rings. The number of nitrogens with zero attached hydrogens (tertiary/aromatic N) is 2. The molecule has 1 rings (SSSR count).